The summed E-state index contributed by atoms with van der Waals surface area (Å²) in [6, 6.07) is 14.6. The summed E-state index contributed by atoms with van der Waals surface area (Å²) in [4.78, 5) is 16.7. The molecule has 1 saturated heterocycles. The van der Waals surface area contributed by atoms with Crippen molar-refractivity contribution in [2.75, 3.05) is 33.3 Å². The average molecular weight is 424 g/mol. The first kappa shape index (κ1) is 21.0. The van der Waals surface area contributed by atoms with Gasteiger partial charge in [0.05, 0.1) is 7.11 Å². The molecule has 0 atom stereocenters. The molecule has 2 aromatic carbocycles. The Balaban J connectivity index is 1.23. The minimum Gasteiger partial charge on any atom is -0.494 e. The molecule has 1 aliphatic heterocycles. The van der Waals surface area contributed by atoms with Crippen LogP contribution in [0.4, 0.5) is 4.39 Å². The molecule has 0 bridgehead atoms. The molecule has 162 valence electrons. The van der Waals surface area contributed by atoms with Crippen LogP contribution in [-0.4, -0.2) is 59.2 Å². The number of carbonyl (C=O) groups is 1. The summed E-state index contributed by atoms with van der Waals surface area (Å²) >= 11 is 0. The van der Waals surface area contributed by atoms with Crippen molar-refractivity contribution >= 4 is 5.91 Å². The highest BCUT2D eigenvalue weighted by atomic mass is 19.1. The minimum absolute atomic E-state index is 0.0783. The predicted molar refractivity (Wildman–Crippen MR) is 113 cm³/mol. The molecule has 0 unspecified atom stereocenters. The molecule has 0 aliphatic carbocycles. The molecule has 2 heterocycles. The topological polar surface area (TPSA) is 71.7 Å². The first-order valence-electron chi connectivity index (χ1n) is 10.3. The molecule has 0 spiro atoms. The molecule has 0 N–H and O–H groups in total. The molecular weight excluding hydrogens is 399 g/mol. The van der Waals surface area contributed by atoms with Crippen molar-refractivity contribution in [1.29, 1.82) is 0 Å². The third kappa shape index (κ3) is 5.27. The van der Waals surface area contributed by atoms with Crippen LogP contribution in [0.15, 0.2) is 52.9 Å². The molecule has 1 aromatic heterocycles. The van der Waals surface area contributed by atoms with E-state index in [4.69, 9.17) is 9.15 Å². The molecule has 0 radical (unpaired) electrons. The van der Waals surface area contributed by atoms with E-state index in [1.165, 1.54) is 13.2 Å². The minimum atomic E-state index is -0.356. The molecule has 1 fully saturated rings. The number of methoxy groups -OCH3 is 1. The molecule has 1 amide bonds. The Labute approximate surface area is 180 Å². The van der Waals surface area contributed by atoms with Crippen LogP contribution >= 0.6 is 0 Å². The highest BCUT2D eigenvalue weighted by Crippen LogP contribution is 2.20. The maximum Gasteiger partial charge on any atom is 0.247 e. The highest BCUT2D eigenvalue weighted by Gasteiger charge is 2.22. The van der Waals surface area contributed by atoms with E-state index in [0.717, 1.165) is 24.2 Å². The maximum atomic E-state index is 13.9. The van der Waals surface area contributed by atoms with Crippen LogP contribution < -0.4 is 4.74 Å². The average Bonchev–Trinajstić information content (AvgIpc) is 3.28. The Hall–Kier alpha value is -3.26. The van der Waals surface area contributed by atoms with Crippen LogP contribution in [0.3, 0.4) is 0 Å². The van der Waals surface area contributed by atoms with Crippen LogP contribution in [0.1, 0.15) is 17.9 Å². The normalized spacial score (nSPS) is 14.6. The van der Waals surface area contributed by atoms with Crippen molar-refractivity contribution < 1.29 is 18.3 Å². The zero-order chi connectivity index (χ0) is 21.6. The fraction of sp³-hybridized carbons (Fsp3) is 0.348. The van der Waals surface area contributed by atoms with Crippen molar-refractivity contribution in [3.8, 4) is 17.2 Å². The largest absolute Gasteiger partial charge is 0.494 e. The Morgan fingerprint density at radius 1 is 1.10 bits per heavy atom. The molecule has 0 saturated carbocycles. The summed E-state index contributed by atoms with van der Waals surface area (Å²) in [6.07, 6.45) is 0.754. The van der Waals surface area contributed by atoms with Gasteiger partial charge in [0.25, 0.3) is 0 Å². The number of aryl methyl sites for hydroxylation is 1. The van der Waals surface area contributed by atoms with Gasteiger partial charge in [0, 0.05) is 51.1 Å². The van der Waals surface area contributed by atoms with Gasteiger partial charge in [-0.15, -0.1) is 10.2 Å². The van der Waals surface area contributed by atoms with E-state index in [1.54, 1.807) is 6.07 Å². The van der Waals surface area contributed by atoms with E-state index in [9.17, 15) is 9.18 Å². The lowest BCUT2D eigenvalue weighted by Crippen LogP contribution is -2.48. The van der Waals surface area contributed by atoms with Crippen LogP contribution in [0.25, 0.3) is 11.5 Å². The van der Waals surface area contributed by atoms with Gasteiger partial charge in [-0.05, 0) is 29.8 Å². The SMILES string of the molecule is COc1ccc(CN2CCN(C(=O)CCc3nnc(-c4ccccc4)o3)CC2)cc1F. The van der Waals surface area contributed by atoms with Gasteiger partial charge in [0.15, 0.2) is 11.6 Å². The van der Waals surface area contributed by atoms with Crippen LogP contribution in [0, 0.1) is 5.82 Å². The van der Waals surface area contributed by atoms with Crippen LogP contribution in [0.5, 0.6) is 5.75 Å². The van der Waals surface area contributed by atoms with E-state index >= 15 is 0 Å². The standard InChI is InChI=1S/C23H25FN4O3/c1-30-20-8-7-17(15-19(20)24)16-27-11-13-28(14-12-27)22(29)10-9-21-25-26-23(31-21)18-5-3-2-4-6-18/h2-8,15H,9-14,16H2,1H3. The van der Waals surface area contributed by atoms with E-state index in [1.807, 2.05) is 41.3 Å². The zero-order valence-corrected chi connectivity index (χ0v) is 17.5. The lowest BCUT2D eigenvalue weighted by molar-refractivity contribution is -0.133. The van der Waals surface area contributed by atoms with Crippen molar-refractivity contribution in [2.24, 2.45) is 0 Å². The van der Waals surface area contributed by atoms with Gasteiger partial charge in [-0.25, -0.2) is 4.39 Å². The fourth-order valence-corrected chi connectivity index (χ4v) is 3.65. The summed E-state index contributed by atoms with van der Waals surface area (Å²) in [5.41, 5.74) is 1.75. The summed E-state index contributed by atoms with van der Waals surface area (Å²) in [5.74, 6) is 0.898. The summed E-state index contributed by atoms with van der Waals surface area (Å²) in [7, 11) is 1.45. The number of ether oxygens (including phenoxy) is 1. The summed E-state index contributed by atoms with van der Waals surface area (Å²) in [6.45, 7) is 3.44. The van der Waals surface area contributed by atoms with E-state index in [0.29, 0.717) is 44.3 Å². The number of amides is 1. The van der Waals surface area contributed by atoms with Gasteiger partial charge in [-0.3, -0.25) is 9.69 Å². The lowest BCUT2D eigenvalue weighted by Gasteiger charge is -2.34. The number of piperazine rings is 1. The zero-order valence-electron chi connectivity index (χ0n) is 17.5. The molecule has 3 aromatic rings. The van der Waals surface area contributed by atoms with Gasteiger partial charge in [0.2, 0.25) is 17.7 Å². The van der Waals surface area contributed by atoms with Gasteiger partial charge in [-0.2, -0.15) is 0 Å². The quantitative estimate of drug-likeness (QED) is 0.580. The van der Waals surface area contributed by atoms with Crippen LogP contribution in [-0.2, 0) is 17.8 Å². The summed E-state index contributed by atoms with van der Waals surface area (Å²) in [5, 5.41) is 8.11. The molecular formula is C23H25FN4O3. The number of benzene rings is 2. The number of hydrogen-bond donors (Lipinski definition) is 0. The molecule has 1 aliphatic rings. The molecule has 7 nitrogen and oxygen atoms in total. The van der Waals surface area contributed by atoms with Crippen molar-refractivity contribution in [1.82, 2.24) is 20.0 Å². The van der Waals surface area contributed by atoms with Gasteiger partial charge >= 0.3 is 0 Å². The number of nitrogens with zero attached hydrogens (tertiary/aromatic N) is 4. The maximum absolute atomic E-state index is 13.9. The van der Waals surface area contributed by atoms with Crippen molar-refractivity contribution in [2.45, 2.75) is 19.4 Å². The highest BCUT2D eigenvalue weighted by molar-refractivity contribution is 5.76. The number of hydrogen-bond acceptors (Lipinski definition) is 6. The molecule has 31 heavy (non-hydrogen) atoms. The van der Waals surface area contributed by atoms with E-state index in [-0.39, 0.29) is 17.5 Å². The van der Waals surface area contributed by atoms with Gasteiger partial charge < -0.3 is 14.1 Å². The Morgan fingerprint density at radius 3 is 2.58 bits per heavy atom. The second-order valence-corrected chi connectivity index (χ2v) is 7.49. The Kier molecular flexibility index (Phi) is 6.57. The van der Waals surface area contributed by atoms with Gasteiger partial charge in [0.1, 0.15) is 0 Å². The second kappa shape index (κ2) is 9.70. The number of rotatable bonds is 7. The van der Waals surface area contributed by atoms with Crippen LogP contribution in [0.2, 0.25) is 0 Å². The van der Waals surface area contributed by atoms with Crippen molar-refractivity contribution in [3.05, 3.63) is 65.8 Å². The van der Waals surface area contributed by atoms with E-state index < -0.39 is 0 Å². The fourth-order valence-electron chi connectivity index (χ4n) is 3.65. The first-order valence-corrected chi connectivity index (χ1v) is 10.3. The third-order valence-corrected chi connectivity index (χ3v) is 5.39. The Bertz CT molecular complexity index is 1020. The number of aromatic nitrogens is 2. The summed E-state index contributed by atoms with van der Waals surface area (Å²) < 4.78 is 24.5. The van der Waals surface area contributed by atoms with E-state index in [2.05, 4.69) is 15.1 Å². The lowest BCUT2D eigenvalue weighted by atomic mass is 10.1. The van der Waals surface area contributed by atoms with Gasteiger partial charge in [-0.1, -0.05) is 24.3 Å². The Morgan fingerprint density at radius 2 is 1.87 bits per heavy atom. The number of halogens is 1. The smallest absolute Gasteiger partial charge is 0.247 e. The predicted octanol–water partition coefficient (Wildman–Crippen LogP) is 3.16. The first-order chi connectivity index (χ1) is 15.1. The third-order valence-electron chi connectivity index (χ3n) is 5.39. The monoisotopic (exact) mass is 424 g/mol. The van der Waals surface area contributed by atoms with Crippen molar-refractivity contribution in [3.63, 3.8) is 0 Å². The molecule has 8 heteroatoms. The number of carbonyl (C=O) groups excluding carboxylic acids is 1. The second-order valence-electron chi connectivity index (χ2n) is 7.49. The molecule has 4 rings (SSSR count).